The molecule has 0 aliphatic rings. The normalized spacial score (nSPS) is 11.4. The Bertz CT molecular complexity index is 1220. The van der Waals surface area contributed by atoms with E-state index in [1.165, 1.54) is 54.6 Å². The lowest BCUT2D eigenvalue weighted by atomic mass is 10.1. The van der Waals surface area contributed by atoms with Crippen LogP contribution in [0.15, 0.2) is 83.8 Å². The largest absolute Gasteiger partial charge is 0.289 e. The number of rotatable bonds is 7. The maximum Gasteiger partial charge on any atom is 0.276 e. The SMILES string of the molecule is Cc1ccc(S(=O)(=O)Nc2ccc(C(=O)/C=C\c3ccccc3[N+](=O)[O-])cc2)cc1. The number of carbonyl (C=O) groups is 1. The Balaban J connectivity index is 1.73. The number of nitro benzene ring substituents is 1. The van der Waals surface area contributed by atoms with Gasteiger partial charge in [0, 0.05) is 17.3 Å². The number of ketones is 1. The van der Waals surface area contributed by atoms with Gasteiger partial charge >= 0.3 is 0 Å². The molecule has 0 bridgehead atoms. The Labute approximate surface area is 173 Å². The molecule has 0 aliphatic heterocycles. The van der Waals surface area contributed by atoms with E-state index in [0.717, 1.165) is 5.56 Å². The lowest BCUT2D eigenvalue weighted by Gasteiger charge is -2.08. The van der Waals surface area contributed by atoms with Gasteiger partial charge in [0.05, 0.1) is 15.4 Å². The van der Waals surface area contributed by atoms with E-state index < -0.39 is 14.9 Å². The predicted molar refractivity (Wildman–Crippen MR) is 115 cm³/mol. The zero-order valence-corrected chi connectivity index (χ0v) is 16.8. The number of anilines is 1. The summed E-state index contributed by atoms with van der Waals surface area (Å²) in [6, 6.07) is 18.5. The van der Waals surface area contributed by atoms with Gasteiger partial charge in [-0.1, -0.05) is 29.8 Å². The number of aryl methyl sites for hydroxylation is 1. The number of nitrogens with one attached hydrogen (secondary N) is 1. The molecule has 152 valence electrons. The standard InChI is InChI=1S/C22H18N2O5S/c1-16-6-13-20(14-7-16)30(28,29)23-19-11-8-18(9-12-19)22(25)15-10-17-4-2-3-5-21(17)24(26)27/h2-15,23H,1H3/b15-10-. The predicted octanol–water partition coefficient (Wildman–Crippen LogP) is 4.60. The molecule has 0 radical (unpaired) electrons. The van der Waals surface area contributed by atoms with Gasteiger partial charge in [0.15, 0.2) is 5.78 Å². The number of hydrogen-bond acceptors (Lipinski definition) is 5. The number of carbonyl (C=O) groups excluding carboxylic acids is 1. The molecule has 0 heterocycles. The second-order valence-electron chi connectivity index (χ2n) is 6.51. The summed E-state index contributed by atoms with van der Waals surface area (Å²) in [6.45, 7) is 1.87. The highest BCUT2D eigenvalue weighted by molar-refractivity contribution is 7.92. The topological polar surface area (TPSA) is 106 Å². The number of allylic oxidation sites excluding steroid dienone is 1. The summed E-state index contributed by atoms with van der Waals surface area (Å²) >= 11 is 0. The van der Waals surface area contributed by atoms with Crippen LogP contribution in [0.3, 0.4) is 0 Å². The molecule has 0 fully saturated rings. The monoisotopic (exact) mass is 422 g/mol. The van der Waals surface area contributed by atoms with E-state index in [2.05, 4.69) is 4.72 Å². The van der Waals surface area contributed by atoms with Crippen LogP contribution in [-0.4, -0.2) is 19.1 Å². The van der Waals surface area contributed by atoms with E-state index in [0.29, 0.717) is 16.8 Å². The van der Waals surface area contributed by atoms with Gasteiger partial charge < -0.3 is 0 Å². The van der Waals surface area contributed by atoms with Crippen LogP contribution in [-0.2, 0) is 10.0 Å². The highest BCUT2D eigenvalue weighted by Crippen LogP contribution is 2.20. The molecule has 0 spiro atoms. The van der Waals surface area contributed by atoms with Crippen LogP contribution in [0.2, 0.25) is 0 Å². The van der Waals surface area contributed by atoms with Gasteiger partial charge in [-0.25, -0.2) is 8.42 Å². The summed E-state index contributed by atoms with van der Waals surface area (Å²) in [5.41, 5.74) is 1.81. The molecule has 0 amide bonds. The Morgan fingerprint density at radius 3 is 2.23 bits per heavy atom. The highest BCUT2D eigenvalue weighted by Gasteiger charge is 2.14. The van der Waals surface area contributed by atoms with Crippen molar-refractivity contribution in [1.82, 2.24) is 0 Å². The van der Waals surface area contributed by atoms with Gasteiger partial charge in [-0.05, 0) is 61.5 Å². The zero-order chi connectivity index (χ0) is 21.7. The molecule has 0 aliphatic carbocycles. The zero-order valence-electron chi connectivity index (χ0n) is 16.0. The average Bonchev–Trinajstić information content (AvgIpc) is 2.72. The van der Waals surface area contributed by atoms with Crippen molar-refractivity contribution in [3.8, 4) is 0 Å². The molecular formula is C22H18N2O5S. The van der Waals surface area contributed by atoms with Gasteiger partial charge in [0.2, 0.25) is 0 Å². The third-order valence-corrected chi connectivity index (χ3v) is 5.70. The minimum absolute atomic E-state index is 0.0950. The summed E-state index contributed by atoms with van der Waals surface area (Å²) in [4.78, 5) is 23.0. The molecule has 0 atom stereocenters. The fourth-order valence-corrected chi connectivity index (χ4v) is 3.75. The van der Waals surface area contributed by atoms with Gasteiger partial charge in [-0.3, -0.25) is 19.6 Å². The van der Waals surface area contributed by atoms with Crippen LogP contribution in [0.25, 0.3) is 6.08 Å². The van der Waals surface area contributed by atoms with E-state index in [1.807, 2.05) is 6.92 Å². The molecular weight excluding hydrogens is 404 g/mol. The molecule has 0 unspecified atom stereocenters. The first-order valence-electron chi connectivity index (χ1n) is 8.92. The molecule has 0 saturated carbocycles. The fourth-order valence-electron chi connectivity index (χ4n) is 2.69. The van der Waals surface area contributed by atoms with Crippen molar-refractivity contribution >= 4 is 33.3 Å². The number of nitrogens with zero attached hydrogens (tertiary/aromatic N) is 1. The Morgan fingerprint density at radius 1 is 0.967 bits per heavy atom. The summed E-state index contributed by atoms with van der Waals surface area (Å²) < 4.78 is 27.3. The number of nitro groups is 1. The lowest BCUT2D eigenvalue weighted by molar-refractivity contribution is -0.385. The quantitative estimate of drug-likeness (QED) is 0.259. The van der Waals surface area contributed by atoms with E-state index in [9.17, 15) is 23.3 Å². The van der Waals surface area contributed by atoms with Gasteiger partial charge in [0.1, 0.15) is 0 Å². The molecule has 3 aromatic rings. The average molecular weight is 422 g/mol. The van der Waals surface area contributed by atoms with Crippen molar-refractivity contribution in [2.75, 3.05) is 4.72 Å². The lowest BCUT2D eigenvalue weighted by Crippen LogP contribution is -2.13. The Kier molecular flexibility index (Phi) is 6.08. The van der Waals surface area contributed by atoms with Crippen molar-refractivity contribution < 1.29 is 18.1 Å². The van der Waals surface area contributed by atoms with Crippen LogP contribution in [0, 0.1) is 17.0 Å². The third-order valence-electron chi connectivity index (χ3n) is 4.30. The van der Waals surface area contributed by atoms with Gasteiger partial charge in [0.25, 0.3) is 15.7 Å². The first-order chi connectivity index (χ1) is 14.3. The number of sulfonamides is 1. The van der Waals surface area contributed by atoms with Crippen molar-refractivity contribution in [2.24, 2.45) is 0 Å². The second kappa shape index (κ2) is 8.71. The summed E-state index contributed by atoms with van der Waals surface area (Å²) in [6.07, 6.45) is 2.63. The maximum atomic E-state index is 12.4. The number of para-hydroxylation sites is 1. The Hall–Kier alpha value is -3.78. The van der Waals surface area contributed by atoms with Crippen LogP contribution in [0.1, 0.15) is 21.5 Å². The smallest absolute Gasteiger partial charge is 0.276 e. The minimum Gasteiger partial charge on any atom is -0.289 e. The van der Waals surface area contributed by atoms with Crippen LogP contribution in [0.4, 0.5) is 11.4 Å². The summed E-state index contributed by atoms with van der Waals surface area (Å²) in [5, 5.41) is 11.0. The van der Waals surface area contributed by atoms with E-state index in [-0.39, 0.29) is 16.4 Å². The van der Waals surface area contributed by atoms with E-state index in [1.54, 1.807) is 30.3 Å². The maximum absolute atomic E-state index is 12.4. The fraction of sp³-hybridized carbons (Fsp3) is 0.0455. The summed E-state index contributed by atoms with van der Waals surface area (Å²) in [5.74, 6) is -0.360. The third kappa shape index (κ3) is 4.98. The van der Waals surface area contributed by atoms with Crippen LogP contribution in [0.5, 0.6) is 0 Å². The van der Waals surface area contributed by atoms with Gasteiger partial charge in [-0.2, -0.15) is 0 Å². The molecule has 30 heavy (non-hydrogen) atoms. The number of benzene rings is 3. The minimum atomic E-state index is -3.74. The Morgan fingerprint density at radius 2 is 1.60 bits per heavy atom. The first kappa shape index (κ1) is 20.9. The molecule has 1 N–H and O–H groups in total. The molecule has 7 nitrogen and oxygen atoms in total. The van der Waals surface area contributed by atoms with Crippen molar-refractivity contribution in [3.63, 3.8) is 0 Å². The highest BCUT2D eigenvalue weighted by atomic mass is 32.2. The number of hydrogen-bond donors (Lipinski definition) is 1. The van der Waals surface area contributed by atoms with Gasteiger partial charge in [-0.15, -0.1) is 0 Å². The van der Waals surface area contributed by atoms with E-state index in [4.69, 9.17) is 0 Å². The molecule has 0 aromatic heterocycles. The first-order valence-corrected chi connectivity index (χ1v) is 10.4. The van der Waals surface area contributed by atoms with Crippen LogP contribution < -0.4 is 4.72 Å². The molecule has 3 aromatic carbocycles. The van der Waals surface area contributed by atoms with Crippen LogP contribution >= 0.6 is 0 Å². The molecule has 3 rings (SSSR count). The van der Waals surface area contributed by atoms with Crippen molar-refractivity contribution in [1.29, 1.82) is 0 Å². The second-order valence-corrected chi connectivity index (χ2v) is 8.19. The molecule has 0 saturated heterocycles. The molecule has 8 heteroatoms. The summed E-state index contributed by atoms with van der Waals surface area (Å²) in [7, 11) is -3.74. The van der Waals surface area contributed by atoms with E-state index >= 15 is 0 Å². The van der Waals surface area contributed by atoms with Crippen molar-refractivity contribution in [2.45, 2.75) is 11.8 Å². The van der Waals surface area contributed by atoms with Crippen molar-refractivity contribution in [3.05, 3.63) is 106 Å².